The molecule has 0 fully saturated rings. The molecule has 0 aliphatic rings. The zero-order valence-electron chi connectivity index (χ0n) is 8.84. The van der Waals surface area contributed by atoms with E-state index in [0.29, 0.717) is 11.3 Å². The van der Waals surface area contributed by atoms with E-state index in [1.807, 2.05) is 13.0 Å². The Labute approximate surface area is 88.0 Å². The maximum Gasteiger partial charge on any atom is 0.246 e. The summed E-state index contributed by atoms with van der Waals surface area (Å²) >= 11 is 0. The molecule has 1 atom stereocenters. The number of nitrogens with two attached hydrogens (primary N) is 1. The van der Waals surface area contributed by atoms with Crippen LogP contribution in [0.5, 0.6) is 5.75 Å². The molecule has 0 radical (unpaired) electrons. The third kappa shape index (κ3) is 2.65. The maximum absolute atomic E-state index is 12.7. The lowest BCUT2D eigenvalue weighted by molar-refractivity contribution is 0.116. The van der Waals surface area contributed by atoms with Crippen LogP contribution in [0.25, 0.3) is 0 Å². The van der Waals surface area contributed by atoms with Crippen LogP contribution in [-0.2, 0) is 0 Å². The number of methoxy groups -OCH3 is 1. The van der Waals surface area contributed by atoms with Crippen molar-refractivity contribution in [1.82, 2.24) is 0 Å². The molecule has 1 unspecified atom stereocenters. The van der Waals surface area contributed by atoms with Crippen molar-refractivity contribution in [3.05, 3.63) is 29.3 Å². The van der Waals surface area contributed by atoms with Crippen molar-refractivity contribution < 1.29 is 13.5 Å². The minimum atomic E-state index is -2.47. The summed E-state index contributed by atoms with van der Waals surface area (Å²) in [5.41, 5.74) is 6.75. The number of hydrogen-bond donors (Lipinski definition) is 1. The van der Waals surface area contributed by atoms with Crippen LogP contribution in [-0.4, -0.2) is 20.1 Å². The van der Waals surface area contributed by atoms with E-state index in [0.717, 1.165) is 5.56 Å². The second-order valence-corrected chi connectivity index (χ2v) is 3.42. The maximum atomic E-state index is 12.7. The first kappa shape index (κ1) is 11.9. The topological polar surface area (TPSA) is 35.2 Å². The Morgan fingerprint density at radius 2 is 2.07 bits per heavy atom. The number of hydrogen-bond acceptors (Lipinski definition) is 2. The minimum absolute atomic E-state index is 0.0858. The van der Waals surface area contributed by atoms with Crippen LogP contribution in [0, 0.1) is 6.92 Å². The van der Waals surface area contributed by atoms with Crippen molar-refractivity contribution in [1.29, 1.82) is 0 Å². The van der Waals surface area contributed by atoms with Crippen LogP contribution in [0.3, 0.4) is 0 Å². The predicted molar refractivity (Wildman–Crippen MR) is 55.5 cm³/mol. The average Bonchev–Trinajstić information content (AvgIpc) is 2.18. The van der Waals surface area contributed by atoms with E-state index in [1.165, 1.54) is 7.11 Å². The molecule has 1 rings (SSSR count). The van der Waals surface area contributed by atoms with Gasteiger partial charge in [-0.2, -0.15) is 0 Å². The number of rotatable bonds is 4. The molecule has 0 heterocycles. The SMILES string of the molecule is COc1ccc(C)cc1C(CN)C(F)F. The highest BCUT2D eigenvalue weighted by molar-refractivity contribution is 5.40. The van der Waals surface area contributed by atoms with Gasteiger partial charge in [0.1, 0.15) is 5.75 Å². The van der Waals surface area contributed by atoms with E-state index in [-0.39, 0.29) is 6.54 Å². The minimum Gasteiger partial charge on any atom is -0.496 e. The first-order valence-corrected chi connectivity index (χ1v) is 4.73. The fraction of sp³-hybridized carbons (Fsp3) is 0.455. The number of halogens is 2. The lowest BCUT2D eigenvalue weighted by Crippen LogP contribution is -2.20. The molecule has 0 saturated carbocycles. The molecule has 2 nitrogen and oxygen atoms in total. The number of benzene rings is 1. The molecule has 0 amide bonds. The van der Waals surface area contributed by atoms with E-state index in [9.17, 15) is 8.78 Å². The lowest BCUT2D eigenvalue weighted by Gasteiger charge is -2.17. The molecule has 1 aromatic rings. The number of aryl methyl sites for hydroxylation is 1. The summed E-state index contributed by atoms with van der Waals surface area (Å²) in [7, 11) is 1.47. The third-order valence-electron chi connectivity index (χ3n) is 2.34. The zero-order valence-corrected chi connectivity index (χ0v) is 8.84. The number of alkyl halides is 2. The average molecular weight is 215 g/mol. The zero-order chi connectivity index (χ0) is 11.4. The van der Waals surface area contributed by atoms with Gasteiger partial charge in [-0.25, -0.2) is 8.78 Å². The van der Waals surface area contributed by atoms with Crippen molar-refractivity contribution in [3.63, 3.8) is 0 Å². The van der Waals surface area contributed by atoms with Crippen molar-refractivity contribution in [2.75, 3.05) is 13.7 Å². The van der Waals surface area contributed by atoms with E-state index >= 15 is 0 Å². The molecule has 84 valence electrons. The van der Waals surface area contributed by atoms with Crippen molar-refractivity contribution >= 4 is 0 Å². The van der Waals surface area contributed by atoms with Gasteiger partial charge in [-0.1, -0.05) is 17.7 Å². The Bertz CT molecular complexity index is 328. The van der Waals surface area contributed by atoms with Gasteiger partial charge in [0.25, 0.3) is 0 Å². The standard InChI is InChI=1S/C11H15F2NO/c1-7-3-4-10(15-2)8(5-7)9(6-14)11(12)13/h3-5,9,11H,6,14H2,1-2H3. The Kier molecular flexibility index (Phi) is 4.03. The quantitative estimate of drug-likeness (QED) is 0.836. The van der Waals surface area contributed by atoms with Crippen LogP contribution in [0.2, 0.25) is 0 Å². The molecule has 0 spiro atoms. The second-order valence-electron chi connectivity index (χ2n) is 3.42. The molecule has 4 heteroatoms. The first-order chi connectivity index (χ1) is 7.10. The summed E-state index contributed by atoms with van der Waals surface area (Å²) in [4.78, 5) is 0. The fourth-order valence-electron chi connectivity index (χ4n) is 1.51. The van der Waals surface area contributed by atoms with Crippen LogP contribution >= 0.6 is 0 Å². The lowest BCUT2D eigenvalue weighted by atomic mass is 9.97. The van der Waals surface area contributed by atoms with E-state index in [4.69, 9.17) is 10.5 Å². The summed E-state index contributed by atoms with van der Waals surface area (Å²) in [6.07, 6.45) is -2.47. The summed E-state index contributed by atoms with van der Waals surface area (Å²) in [6, 6.07) is 5.21. The van der Waals surface area contributed by atoms with Gasteiger partial charge in [-0.3, -0.25) is 0 Å². The van der Waals surface area contributed by atoms with Gasteiger partial charge in [0, 0.05) is 12.1 Å². The van der Waals surface area contributed by atoms with Crippen molar-refractivity contribution in [3.8, 4) is 5.75 Å². The van der Waals surface area contributed by atoms with Gasteiger partial charge in [0.2, 0.25) is 6.43 Å². The Morgan fingerprint density at radius 1 is 1.40 bits per heavy atom. The van der Waals surface area contributed by atoms with E-state index in [1.54, 1.807) is 12.1 Å². The Hall–Kier alpha value is -1.16. The molecule has 1 aromatic carbocycles. The summed E-state index contributed by atoms with van der Waals surface area (Å²) in [5, 5.41) is 0. The summed E-state index contributed by atoms with van der Waals surface area (Å²) in [6.45, 7) is 1.76. The third-order valence-corrected chi connectivity index (χ3v) is 2.34. The Balaban J connectivity index is 3.13. The molecule has 0 aliphatic heterocycles. The molecular formula is C11H15F2NO. The highest BCUT2D eigenvalue weighted by atomic mass is 19.3. The molecule has 15 heavy (non-hydrogen) atoms. The molecule has 0 bridgehead atoms. The van der Waals surface area contributed by atoms with Crippen molar-refractivity contribution in [2.45, 2.75) is 19.3 Å². The monoisotopic (exact) mass is 215 g/mol. The van der Waals surface area contributed by atoms with E-state index in [2.05, 4.69) is 0 Å². The molecule has 0 aliphatic carbocycles. The highest BCUT2D eigenvalue weighted by Crippen LogP contribution is 2.31. The normalized spacial score (nSPS) is 12.9. The Morgan fingerprint density at radius 3 is 2.53 bits per heavy atom. The van der Waals surface area contributed by atoms with Gasteiger partial charge in [-0.15, -0.1) is 0 Å². The second kappa shape index (κ2) is 5.07. The van der Waals surface area contributed by atoms with Gasteiger partial charge < -0.3 is 10.5 Å². The van der Waals surface area contributed by atoms with Crippen LogP contribution in [0.1, 0.15) is 17.0 Å². The first-order valence-electron chi connectivity index (χ1n) is 4.73. The van der Waals surface area contributed by atoms with Gasteiger partial charge in [-0.05, 0) is 13.0 Å². The summed E-state index contributed by atoms with van der Waals surface area (Å²) in [5.74, 6) is -0.490. The highest BCUT2D eigenvalue weighted by Gasteiger charge is 2.24. The number of ether oxygens (including phenoxy) is 1. The van der Waals surface area contributed by atoms with Gasteiger partial charge in [0.15, 0.2) is 0 Å². The van der Waals surface area contributed by atoms with Crippen LogP contribution in [0.15, 0.2) is 18.2 Å². The van der Waals surface area contributed by atoms with Gasteiger partial charge in [0.05, 0.1) is 13.0 Å². The molecule has 0 aromatic heterocycles. The summed E-state index contributed by atoms with van der Waals surface area (Å²) < 4.78 is 30.4. The van der Waals surface area contributed by atoms with Crippen molar-refractivity contribution in [2.24, 2.45) is 5.73 Å². The molecule has 2 N–H and O–H groups in total. The van der Waals surface area contributed by atoms with E-state index < -0.39 is 12.3 Å². The van der Waals surface area contributed by atoms with Crippen LogP contribution in [0.4, 0.5) is 8.78 Å². The predicted octanol–water partition coefficient (Wildman–Crippen LogP) is 2.31. The largest absolute Gasteiger partial charge is 0.496 e. The molecular weight excluding hydrogens is 200 g/mol. The smallest absolute Gasteiger partial charge is 0.246 e. The van der Waals surface area contributed by atoms with Crippen LogP contribution < -0.4 is 10.5 Å². The fourth-order valence-corrected chi connectivity index (χ4v) is 1.51. The van der Waals surface area contributed by atoms with Gasteiger partial charge >= 0.3 is 0 Å². The molecule has 0 saturated heterocycles.